The molecule has 0 aromatic heterocycles. The zero-order valence-electron chi connectivity index (χ0n) is 12.5. The van der Waals surface area contributed by atoms with Gasteiger partial charge in [-0.3, -0.25) is 0 Å². The highest BCUT2D eigenvalue weighted by molar-refractivity contribution is 7.91. The Hall–Kier alpha value is -1.33. The lowest BCUT2D eigenvalue weighted by molar-refractivity contribution is 0.341. The first kappa shape index (κ1) is 16.0. The lowest BCUT2D eigenvalue weighted by Crippen LogP contribution is -2.20. The molecule has 21 heavy (non-hydrogen) atoms. The summed E-state index contributed by atoms with van der Waals surface area (Å²) >= 11 is 0. The molecule has 0 spiro atoms. The minimum Gasteiger partial charge on any atom is -0.493 e. The highest BCUT2D eigenvalue weighted by Crippen LogP contribution is 2.22. The third-order valence-electron chi connectivity index (χ3n) is 3.47. The van der Waals surface area contributed by atoms with E-state index in [4.69, 9.17) is 4.74 Å². The average molecular weight is 309 g/mol. The fourth-order valence-electron chi connectivity index (χ4n) is 2.35. The number of nitrogens with one attached hydrogen (secondary N) is 1. The highest BCUT2D eigenvalue weighted by Gasteiger charge is 2.10. The van der Waals surface area contributed by atoms with Crippen LogP contribution in [0.25, 0.3) is 5.57 Å². The van der Waals surface area contributed by atoms with Crippen molar-refractivity contribution in [3.8, 4) is 5.75 Å². The Morgan fingerprint density at radius 2 is 1.95 bits per heavy atom. The molecule has 0 atom stereocenters. The molecular formula is C16H23NO3S. The molecule has 1 heterocycles. The number of hydrogen-bond acceptors (Lipinski definition) is 4. The van der Waals surface area contributed by atoms with Gasteiger partial charge in [-0.1, -0.05) is 25.1 Å². The van der Waals surface area contributed by atoms with Crippen LogP contribution in [-0.4, -0.2) is 39.6 Å². The summed E-state index contributed by atoms with van der Waals surface area (Å²) in [6.45, 7) is 4.02. The Kier molecular flexibility index (Phi) is 5.82. The van der Waals surface area contributed by atoms with Crippen LogP contribution in [0, 0.1) is 0 Å². The van der Waals surface area contributed by atoms with Crippen molar-refractivity contribution < 1.29 is 13.2 Å². The van der Waals surface area contributed by atoms with Gasteiger partial charge in [-0.2, -0.15) is 0 Å². The standard InChI is InChI=1S/C16H23NO3S/c1-2-12-21(18,19)13-11-20-16-5-3-14(4-6-16)15-7-9-17-10-8-15/h3-7,17H,2,8-13H2,1H3. The van der Waals surface area contributed by atoms with E-state index < -0.39 is 9.84 Å². The SMILES string of the molecule is CCCS(=O)(=O)CCOc1ccc(C2=CCNCC2)cc1. The van der Waals surface area contributed by atoms with Crippen LogP contribution in [0.4, 0.5) is 0 Å². The molecule has 2 rings (SSSR count). The zero-order valence-corrected chi connectivity index (χ0v) is 13.3. The topological polar surface area (TPSA) is 55.4 Å². The normalized spacial score (nSPS) is 15.6. The first-order valence-electron chi connectivity index (χ1n) is 7.44. The molecule has 0 fully saturated rings. The third kappa shape index (κ3) is 5.17. The van der Waals surface area contributed by atoms with E-state index in [1.165, 1.54) is 11.1 Å². The van der Waals surface area contributed by atoms with Gasteiger partial charge < -0.3 is 10.1 Å². The van der Waals surface area contributed by atoms with Crippen molar-refractivity contribution in [1.29, 1.82) is 0 Å². The van der Waals surface area contributed by atoms with Crippen molar-refractivity contribution in [1.82, 2.24) is 5.32 Å². The van der Waals surface area contributed by atoms with Crippen LogP contribution >= 0.6 is 0 Å². The van der Waals surface area contributed by atoms with Crippen LogP contribution in [0.3, 0.4) is 0 Å². The summed E-state index contributed by atoms with van der Waals surface area (Å²) in [7, 11) is -2.97. The molecule has 1 aromatic rings. The quantitative estimate of drug-likeness (QED) is 0.839. The van der Waals surface area contributed by atoms with E-state index in [-0.39, 0.29) is 18.1 Å². The Labute approximate surface area is 127 Å². The summed E-state index contributed by atoms with van der Waals surface area (Å²) in [5, 5.41) is 3.29. The Morgan fingerprint density at radius 1 is 1.19 bits per heavy atom. The van der Waals surface area contributed by atoms with Gasteiger partial charge in [-0.15, -0.1) is 0 Å². The van der Waals surface area contributed by atoms with Gasteiger partial charge in [0.15, 0.2) is 9.84 Å². The molecule has 1 aliphatic heterocycles. The molecule has 4 nitrogen and oxygen atoms in total. The van der Waals surface area contributed by atoms with Gasteiger partial charge in [0.25, 0.3) is 0 Å². The number of ether oxygens (including phenoxy) is 1. The van der Waals surface area contributed by atoms with Gasteiger partial charge >= 0.3 is 0 Å². The molecule has 0 radical (unpaired) electrons. The second-order valence-corrected chi connectivity index (χ2v) is 7.51. The van der Waals surface area contributed by atoms with E-state index in [1.807, 2.05) is 31.2 Å². The van der Waals surface area contributed by atoms with E-state index >= 15 is 0 Å². The van der Waals surface area contributed by atoms with E-state index in [0.29, 0.717) is 6.42 Å². The van der Waals surface area contributed by atoms with Crippen molar-refractivity contribution in [3.63, 3.8) is 0 Å². The van der Waals surface area contributed by atoms with Crippen LogP contribution < -0.4 is 10.1 Å². The lowest BCUT2D eigenvalue weighted by atomic mass is 10.0. The maximum Gasteiger partial charge on any atom is 0.153 e. The number of benzene rings is 1. The first-order chi connectivity index (χ1) is 10.1. The van der Waals surface area contributed by atoms with Crippen LogP contribution in [0.15, 0.2) is 30.3 Å². The zero-order chi connectivity index (χ0) is 15.1. The van der Waals surface area contributed by atoms with Crippen molar-refractivity contribution in [2.75, 3.05) is 31.2 Å². The van der Waals surface area contributed by atoms with Crippen molar-refractivity contribution >= 4 is 15.4 Å². The molecule has 1 aliphatic rings. The van der Waals surface area contributed by atoms with Gasteiger partial charge in [0.2, 0.25) is 0 Å². The van der Waals surface area contributed by atoms with E-state index in [9.17, 15) is 8.42 Å². The van der Waals surface area contributed by atoms with Gasteiger partial charge in [0.05, 0.1) is 11.5 Å². The minimum atomic E-state index is -2.97. The molecule has 1 aromatic carbocycles. The number of hydrogen-bond donors (Lipinski definition) is 1. The summed E-state index contributed by atoms with van der Waals surface area (Å²) in [6.07, 6.45) is 3.90. The van der Waals surface area contributed by atoms with E-state index in [2.05, 4.69) is 11.4 Å². The Balaban J connectivity index is 1.87. The highest BCUT2D eigenvalue weighted by atomic mass is 32.2. The predicted octanol–water partition coefficient (Wildman–Crippen LogP) is 2.27. The molecule has 0 saturated carbocycles. The predicted molar refractivity (Wildman–Crippen MR) is 86.3 cm³/mol. The smallest absolute Gasteiger partial charge is 0.153 e. The van der Waals surface area contributed by atoms with E-state index in [0.717, 1.165) is 25.3 Å². The van der Waals surface area contributed by atoms with Gasteiger partial charge in [-0.25, -0.2) is 8.42 Å². The molecule has 0 amide bonds. The largest absolute Gasteiger partial charge is 0.493 e. The monoisotopic (exact) mass is 309 g/mol. The second kappa shape index (κ2) is 7.61. The van der Waals surface area contributed by atoms with Gasteiger partial charge in [0.1, 0.15) is 12.4 Å². The Bertz CT molecular complexity index is 576. The van der Waals surface area contributed by atoms with Gasteiger partial charge in [-0.05, 0) is 42.7 Å². The fourth-order valence-corrected chi connectivity index (χ4v) is 3.51. The number of rotatable bonds is 7. The Morgan fingerprint density at radius 3 is 2.57 bits per heavy atom. The van der Waals surface area contributed by atoms with Crippen molar-refractivity contribution in [2.24, 2.45) is 0 Å². The molecule has 116 valence electrons. The lowest BCUT2D eigenvalue weighted by Gasteiger charge is -2.14. The molecule has 5 heteroatoms. The summed E-state index contributed by atoms with van der Waals surface area (Å²) in [4.78, 5) is 0. The minimum absolute atomic E-state index is 0.0828. The third-order valence-corrected chi connectivity index (χ3v) is 5.29. The summed E-state index contributed by atoms with van der Waals surface area (Å²) in [5.41, 5.74) is 2.56. The fraction of sp³-hybridized carbons (Fsp3) is 0.500. The molecule has 0 saturated heterocycles. The number of sulfone groups is 1. The summed E-state index contributed by atoms with van der Waals surface area (Å²) < 4.78 is 28.7. The average Bonchev–Trinajstić information content (AvgIpc) is 2.48. The van der Waals surface area contributed by atoms with E-state index in [1.54, 1.807) is 0 Å². The molecule has 0 aliphatic carbocycles. The van der Waals surface area contributed by atoms with Crippen LogP contribution in [0.2, 0.25) is 0 Å². The first-order valence-corrected chi connectivity index (χ1v) is 9.26. The van der Waals surface area contributed by atoms with Crippen molar-refractivity contribution in [2.45, 2.75) is 19.8 Å². The summed E-state index contributed by atoms with van der Waals surface area (Å²) in [5.74, 6) is 1.04. The van der Waals surface area contributed by atoms with Crippen LogP contribution in [-0.2, 0) is 9.84 Å². The maximum atomic E-state index is 11.6. The second-order valence-electron chi connectivity index (χ2n) is 5.21. The summed E-state index contributed by atoms with van der Waals surface area (Å²) in [6, 6.07) is 7.88. The maximum absolute atomic E-state index is 11.6. The molecule has 1 N–H and O–H groups in total. The van der Waals surface area contributed by atoms with Crippen LogP contribution in [0.1, 0.15) is 25.3 Å². The van der Waals surface area contributed by atoms with Crippen molar-refractivity contribution in [3.05, 3.63) is 35.9 Å². The van der Waals surface area contributed by atoms with Crippen LogP contribution in [0.5, 0.6) is 5.75 Å². The molecule has 0 bridgehead atoms. The molecular weight excluding hydrogens is 286 g/mol. The molecule has 0 unspecified atom stereocenters. The van der Waals surface area contributed by atoms with Gasteiger partial charge in [0, 0.05) is 6.54 Å².